The highest BCUT2D eigenvalue weighted by molar-refractivity contribution is 5.85. The maximum atomic E-state index is 10.5. The Morgan fingerprint density at radius 2 is 2.00 bits per heavy atom. The maximum Gasteiger partial charge on any atom is 0.332 e. The van der Waals surface area contributed by atoms with Gasteiger partial charge < -0.3 is 5.11 Å². The standard InChI is InChI=1S/C9H16N2O2/c1-5-11(10-7(2)3)6-8(4)9(12)13/h6H,5H2,1-4H3,(H,12,13). The Balaban J connectivity index is 4.53. The monoisotopic (exact) mass is 184 g/mol. The molecule has 0 fully saturated rings. The lowest BCUT2D eigenvalue weighted by Gasteiger charge is -2.12. The molecule has 0 unspecified atom stereocenters. The summed E-state index contributed by atoms with van der Waals surface area (Å²) in [4.78, 5) is 10.5. The maximum absolute atomic E-state index is 10.5. The Morgan fingerprint density at radius 3 is 2.31 bits per heavy atom. The van der Waals surface area contributed by atoms with Crippen LogP contribution in [-0.4, -0.2) is 28.3 Å². The molecule has 0 amide bonds. The van der Waals surface area contributed by atoms with Crippen LogP contribution in [0, 0.1) is 0 Å². The quantitative estimate of drug-likeness (QED) is 0.411. The number of hydrogen-bond acceptors (Lipinski definition) is 3. The van der Waals surface area contributed by atoms with Crippen LogP contribution in [0.25, 0.3) is 0 Å². The molecule has 0 radical (unpaired) electrons. The first-order chi connectivity index (χ1) is 5.97. The number of hydrogen-bond donors (Lipinski definition) is 1. The minimum absolute atomic E-state index is 0.284. The molecule has 0 atom stereocenters. The largest absolute Gasteiger partial charge is 0.478 e. The summed E-state index contributed by atoms with van der Waals surface area (Å²) in [7, 11) is 0. The Labute approximate surface area is 78.6 Å². The topological polar surface area (TPSA) is 52.9 Å². The number of carboxylic acid groups (broad SMARTS) is 1. The number of carbonyl (C=O) groups is 1. The van der Waals surface area contributed by atoms with Gasteiger partial charge in [0.25, 0.3) is 0 Å². The molecule has 4 heteroatoms. The van der Waals surface area contributed by atoms with Crippen LogP contribution in [0.3, 0.4) is 0 Å². The Bertz CT molecular complexity index is 240. The van der Waals surface area contributed by atoms with Crippen LogP contribution < -0.4 is 0 Å². The average molecular weight is 184 g/mol. The van der Waals surface area contributed by atoms with Gasteiger partial charge in [-0.1, -0.05) is 0 Å². The molecule has 0 heterocycles. The highest BCUT2D eigenvalue weighted by Crippen LogP contribution is 1.99. The molecule has 0 saturated carbocycles. The van der Waals surface area contributed by atoms with Crippen molar-refractivity contribution in [1.29, 1.82) is 0 Å². The highest BCUT2D eigenvalue weighted by Gasteiger charge is 2.01. The molecule has 0 aromatic carbocycles. The molecule has 0 rings (SSSR count). The Kier molecular flexibility index (Phi) is 4.80. The predicted molar refractivity (Wildman–Crippen MR) is 52.6 cm³/mol. The summed E-state index contributed by atoms with van der Waals surface area (Å²) in [6.07, 6.45) is 1.52. The molecular weight excluding hydrogens is 168 g/mol. The van der Waals surface area contributed by atoms with Crippen LogP contribution >= 0.6 is 0 Å². The van der Waals surface area contributed by atoms with Gasteiger partial charge in [-0.2, -0.15) is 5.10 Å². The fourth-order valence-electron chi connectivity index (χ4n) is 0.727. The van der Waals surface area contributed by atoms with Crippen molar-refractivity contribution >= 4 is 11.7 Å². The first-order valence-corrected chi connectivity index (χ1v) is 4.17. The number of carboxylic acids is 1. The molecular formula is C9H16N2O2. The first-order valence-electron chi connectivity index (χ1n) is 4.17. The summed E-state index contributed by atoms with van der Waals surface area (Å²) >= 11 is 0. The number of rotatable bonds is 4. The van der Waals surface area contributed by atoms with Gasteiger partial charge in [-0.3, -0.25) is 5.01 Å². The van der Waals surface area contributed by atoms with Gasteiger partial charge in [-0.15, -0.1) is 0 Å². The lowest BCUT2D eigenvalue weighted by Crippen LogP contribution is -2.13. The second kappa shape index (κ2) is 5.35. The van der Waals surface area contributed by atoms with Crippen LogP contribution in [0.5, 0.6) is 0 Å². The summed E-state index contributed by atoms with van der Waals surface area (Å²) < 4.78 is 0. The SMILES string of the molecule is CCN(C=C(C)C(=O)O)N=C(C)C. The van der Waals surface area contributed by atoms with Gasteiger partial charge >= 0.3 is 5.97 Å². The zero-order valence-corrected chi connectivity index (χ0v) is 8.53. The molecule has 0 aliphatic carbocycles. The molecule has 0 spiro atoms. The van der Waals surface area contributed by atoms with E-state index in [1.165, 1.54) is 6.20 Å². The third-order valence-corrected chi connectivity index (χ3v) is 1.33. The van der Waals surface area contributed by atoms with Gasteiger partial charge in [-0.25, -0.2) is 4.79 Å². The molecule has 0 bridgehead atoms. The summed E-state index contributed by atoms with van der Waals surface area (Å²) in [5, 5.41) is 14.4. The van der Waals surface area contributed by atoms with Gasteiger partial charge in [0.2, 0.25) is 0 Å². The molecule has 0 aliphatic rings. The molecule has 13 heavy (non-hydrogen) atoms. The summed E-state index contributed by atoms with van der Waals surface area (Å²) in [5.74, 6) is -0.914. The molecule has 0 aromatic rings. The zero-order chi connectivity index (χ0) is 10.4. The summed E-state index contributed by atoms with van der Waals surface area (Å²) in [6.45, 7) is 7.86. The van der Waals surface area contributed by atoms with Gasteiger partial charge in [-0.05, 0) is 27.7 Å². The fraction of sp³-hybridized carbons (Fsp3) is 0.556. The van der Waals surface area contributed by atoms with Gasteiger partial charge in [0, 0.05) is 18.5 Å². The van der Waals surface area contributed by atoms with Gasteiger partial charge in [0.05, 0.1) is 5.57 Å². The normalized spacial score (nSPS) is 10.9. The molecule has 0 aromatic heterocycles. The molecule has 4 nitrogen and oxygen atoms in total. The lowest BCUT2D eigenvalue weighted by atomic mass is 10.3. The number of hydrazone groups is 1. The van der Waals surface area contributed by atoms with Crippen molar-refractivity contribution in [3.8, 4) is 0 Å². The third kappa shape index (κ3) is 5.00. The minimum atomic E-state index is -0.914. The van der Waals surface area contributed by atoms with Crippen molar-refractivity contribution in [2.24, 2.45) is 5.10 Å². The van der Waals surface area contributed by atoms with Gasteiger partial charge in [0.1, 0.15) is 0 Å². The van der Waals surface area contributed by atoms with E-state index >= 15 is 0 Å². The Hall–Kier alpha value is -1.32. The van der Waals surface area contributed by atoms with E-state index in [1.807, 2.05) is 20.8 Å². The zero-order valence-electron chi connectivity index (χ0n) is 8.53. The third-order valence-electron chi connectivity index (χ3n) is 1.33. The average Bonchev–Trinajstić information content (AvgIpc) is 2.02. The molecule has 74 valence electrons. The van der Waals surface area contributed by atoms with Crippen molar-refractivity contribution < 1.29 is 9.90 Å². The van der Waals surface area contributed by atoms with Crippen LogP contribution in [-0.2, 0) is 4.79 Å². The smallest absolute Gasteiger partial charge is 0.332 e. The van der Waals surface area contributed by atoms with Crippen LogP contribution in [0.15, 0.2) is 16.9 Å². The van der Waals surface area contributed by atoms with Crippen LogP contribution in [0.1, 0.15) is 27.7 Å². The van der Waals surface area contributed by atoms with E-state index < -0.39 is 5.97 Å². The van der Waals surface area contributed by atoms with E-state index in [-0.39, 0.29) is 5.57 Å². The van der Waals surface area contributed by atoms with E-state index in [4.69, 9.17) is 5.11 Å². The first kappa shape index (κ1) is 11.7. The fourth-order valence-corrected chi connectivity index (χ4v) is 0.727. The van der Waals surface area contributed by atoms with Crippen molar-refractivity contribution in [1.82, 2.24) is 5.01 Å². The summed E-state index contributed by atoms with van der Waals surface area (Å²) in [5.41, 5.74) is 1.18. The van der Waals surface area contributed by atoms with Crippen LogP contribution in [0.4, 0.5) is 0 Å². The highest BCUT2D eigenvalue weighted by atomic mass is 16.4. The number of nitrogens with zero attached hydrogens (tertiary/aromatic N) is 2. The Morgan fingerprint density at radius 1 is 1.46 bits per heavy atom. The van der Waals surface area contributed by atoms with E-state index in [0.29, 0.717) is 6.54 Å². The number of aliphatic carboxylic acids is 1. The van der Waals surface area contributed by atoms with Gasteiger partial charge in [0.15, 0.2) is 0 Å². The molecule has 0 saturated heterocycles. The van der Waals surface area contributed by atoms with Crippen molar-refractivity contribution in [3.05, 3.63) is 11.8 Å². The van der Waals surface area contributed by atoms with Crippen molar-refractivity contribution in [2.45, 2.75) is 27.7 Å². The lowest BCUT2D eigenvalue weighted by molar-refractivity contribution is -0.132. The molecule has 0 aliphatic heterocycles. The van der Waals surface area contributed by atoms with E-state index in [0.717, 1.165) is 5.71 Å². The summed E-state index contributed by atoms with van der Waals surface area (Å²) in [6, 6.07) is 0. The predicted octanol–water partition coefficient (Wildman–Crippen LogP) is 1.69. The van der Waals surface area contributed by atoms with Crippen LogP contribution in [0.2, 0.25) is 0 Å². The van der Waals surface area contributed by atoms with E-state index in [1.54, 1.807) is 11.9 Å². The van der Waals surface area contributed by atoms with Crippen molar-refractivity contribution in [2.75, 3.05) is 6.54 Å². The molecule has 1 N–H and O–H groups in total. The van der Waals surface area contributed by atoms with Crippen molar-refractivity contribution in [3.63, 3.8) is 0 Å². The van der Waals surface area contributed by atoms with E-state index in [2.05, 4.69) is 5.10 Å². The second-order valence-electron chi connectivity index (χ2n) is 2.92. The second-order valence-corrected chi connectivity index (χ2v) is 2.92. The minimum Gasteiger partial charge on any atom is -0.478 e. The van der Waals surface area contributed by atoms with E-state index in [9.17, 15) is 4.79 Å².